The maximum absolute atomic E-state index is 11.3. The van der Waals surface area contributed by atoms with E-state index in [1.54, 1.807) is 0 Å². The number of hydrogen-bond acceptors (Lipinski definition) is 4. The molecule has 1 saturated carbocycles. The SMILES string of the molecule is O=C(O)/C=C(\C(=O)O)C1(/C(=C/C(=O)O)C(=O)O)CCCC1. The minimum Gasteiger partial charge on any atom is -0.478 e. The molecule has 0 aromatic heterocycles. The van der Waals surface area contributed by atoms with Crippen LogP contribution >= 0.6 is 0 Å². The molecule has 0 saturated heterocycles. The lowest BCUT2D eigenvalue weighted by Crippen LogP contribution is -2.32. The molecule has 21 heavy (non-hydrogen) atoms. The summed E-state index contributed by atoms with van der Waals surface area (Å²) in [4.78, 5) is 44.3. The molecule has 8 heteroatoms. The number of carboxylic acid groups (broad SMARTS) is 4. The monoisotopic (exact) mass is 298 g/mol. The van der Waals surface area contributed by atoms with Gasteiger partial charge in [0.1, 0.15) is 0 Å². The van der Waals surface area contributed by atoms with Crippen LogP contribution in [0.5, 0.6) is 0 Å². The molecule has 8 nitrogen and oxygen atoms in total. The Kier molecular flexibility index (Phi) is 4.85. The Morgan fingerprint density at radius 2 is 1.05 bits per heavy atom. The van der Waals surface area contributed by atoms with Crippen molar-refractivity contribution < 1.29 is 39.6 Å². The smallest absolute Gasteiger partial charge is 0.332 e. The summed E-state index contributed by atoms with van der Waals surface area (Å²) in [6, 6.07) is 0. The van der Waals surface area contributed by atoms with Gasteiger partial charge < -0.3 is 20.4 Å². The van der Waals surface area contributed by atoms with E-state index in [1.165, 1.54) is 0 Å². The molecule has 0 radical (unpaired) electrons. The van der Waals surface area contributed by atoms with Crippen molar-refractivity contribution in [1.29, 1.82) is 0 Å². The molecule has 114 valence electrons. The van der Waals surface area contributed by atoms with Gasteiger partial charge in [-0.3, -0.25) is 0 Å². The summed E-state index contributed by atoms with van der Waals surface area (Å²) in [6.45, 7) is 0. The number of rotatable bonds is 6. The molecule has 4 N–H and O–H groups in total. The predicted octanol–water partition coefficient (Wildman–Crippen LogP) is 0.738. The Morgan fingerprint density at radius 3 is 1.29 bits per heavy atom. The quantitative estimate of drug-likeness (QED) is 0.524. The lowest BCUT2D eigenvalue weighted by atomic mass is 9.71. The van der Waals surface area contributed by atoms with Gasteiger partial charge in [-0.2, -0.15) is 0 Å². The minimum absolute atomic E-state index is 0.0732. The number of carboxylic acids is 4. The van der Waals surface area contributed by atoms with Crippen LogP contribution in [0.3, 0.4) is 0 Å². The molecule has 0 amide bonds. The fourth-order valence-electron chi connectivity index (χ4n) is 2.72. The second-order valence-electron chi connectivity index (χ2n) is 4.69. The van der Waals surface area contributed by atoms with Gasteiger partial charge in [-0.05, 0) is 12.8 Å². The van der Waals surface area contributed by atoms with Crippen molar-refractivity contribution >= 4 is 23.9 Å². The molecule has 0 heterocycles. The fourth-order valence-corrected chi connectivity index (χ4v) is 2.72. The number of carbonyl (C=O) groups is 4. The fraction of sp³-hybridized carbons (Fsp3) is 0.385. The Hall–Kier alpha value is -2.64. The summed E-state index contributed by atoms with van der Waals surface area (Å²) in [7, 11) is 0. The van der Waals surface area contributed by atoms with E-state index in [9.17, 15) is 29.4 Å². The van der Waals surface area contributed by atoms with Crippen LogP contribution < -0.4 is 0 Å². The molecule has 0 aliphatic heterocycles. The zero-order valence-corrected chi connectivity index (χ0v) is 10.9. The second kappa shape index (κ2) is 6.21. The normalized spacial score (nSPS) is 18.3. The van der Waals surface area contributed by atoms with Gasteiger partial charge in [0.2, 0.25) is 0 Å². The third-order valence-corrected chi connectivity index (χ3v) is 3.48. The van der Waals surface area contributed by atoms with Gasteiger partial charge in [-0.1, -0.05) is 12.8 Å². The van der Waals surface area contributed by atoms with Crippen molar-refractivity contribution in [2.45, 2.75) is 25.7 Å². The number of hydrogen-bond donors (Lipinski definition) is 4. The number of aliphatic carboxylic acids is 4. The summed E-state index contributed by atoms with van der Waals surface area (Å²) in [5.41, 5.74) is -2.82. The first-order valence-corrected chi connectivity index (χ1v) is 6.07. The van der Waals surface area contributed by atoms with Gasteiger partial charge in [0.05, 0.1) is 11.1 Å². The van der Waals surface area contributed by atoms with E-state index in [2.05, 4.69) is 0 Å². The minimum atomic E-state index is -1.60. The zero-order valence-electron chi connectivity index (χ0n) is 10.9. The Bertz CT molecular complexity index is 505. The molecule has 1 aliphatic rings. The summed E-state index contributed by atoms with van der Waals surface area (Å²) >= 11 is 0. The zero-order chi connectivity index (χ0) is 16.2. The Morgan fingerprint density at radius 1 is 0.714 bits per heavy atom. The van der Waals surface area contributed by atoms with E-state index in [-0.39, 0.29) is 12.8 Å². The average Bonchev–Trinajstić information content (AvgIpc) is 2.82. The van der Waals surface area contributed by atoms with E-state index in [1.807, 2.05) is 0 Å². The van der Waals surface area contributed by atoms with Crippen LogP contribution in [0.1, 0.15) is 25.7 Å². The molecule has 0 spiro atoms. The van der Waals surface area contributed by atoms with Crippen molar-refractivity contribution in [3.8, 4) is 0 Å². The van der Waals surface area contributed by atoms with E-state index < -0.39 is 40.4 Å². The van der Waals surface area contributed by atoms with Gasteiger partial charge in [0, 0.05) is 17.6 Å². The largest absolute Gasteiger partial charge is 0.478 e. The van der Waals surface area contributed by atoms with E-state index in [0.717, 1.165) is 0 Å². The van der Waals surface area contributed by atoms with Crippen LogP contribution in [0.2, 0.25) is 0 Å². The lowest BCUT2D eigenvalue weighted by molar-refractivity contribution is -0.138. The third-order valence-electron chi connectivity index (χ3n) is 3.48. The van der Waals surface area contributed by atoms with Crippen LogP contribution in [-0.4, -0.2) is 44.3 Å². The van der Waals surface area contributed by atoms with Crippen molar-refractivity contribution in [2.75, 3.05) is 0 Å². The summed E-state index contributed by atoms with van der Waals surface area (Å²) in [6.07, 6.45) is 1.98. The molecule has 0 atom stereocenters. The Labute approximate surface area is 119 Å². The van der Waals surface area contributed by atoms with Crippen molar-refractivity contribution in [3.63, 3.8) is 0 Å². The van der Waals surface area contributed by atoms with Gasteiger partial charge >= 0.3 is 23.9 Å². The van der Waals surface area contributed by atoms with Crippen LogP contribution in [0, 0.1) is 5.41 Å². The molecule has 0 aromatic rings. The topological polar surface area (TPSA) is 149 Å². The lowest BCUT2D eigenvalue weighted by Gasteiger charge is -2.30. The summed E-state index contributed by atoms with van der Waals surface area (Å²) < 4.78 is 0. The van der Waals surface area contributed by atoms with Gasteiger partial charge in [-0.25, -0.2) is 19.2 Å². The van der Waals surface area contributed by atoms with E-state index >= 15 is 0 Å². The van der Waals surface area contributed by atoms with Crippen molar-refractivity contribution in [2.24, 2.45) is 5.41 Å². The Balaban J connectivity index is 3.56. The predicted molar refractivity (Wildman–Crippen MR) is 67.6 cm³/mol. The highest BCUT2D eigenvalue weighted by Gasteiger charge is 2.47. The highest BCUT2D eigenvalue weighted by atomic mass is 16.4. The van der Waals surface area contributed by atoms with E-state index in [0.29, 0.717) is 25.0 Å². The summed E-state index contributed by atoms with van der Waals surface area (Å²) in [5, 5.41) is 36.0. The average molecular weight is 298 g/mol. The first kappa shape index (κ1) is 16.4. The molecule has 1 rings (SSSR count). The maximum atomic E-state index is 11.3. The summed E-state index contributed by atoms with van der Waals surface area (Å²) in [5.74, 6) is -6.20. The second-order valence-corrected chi connectivity index (χ2v) is 4.69. The molecule has 0 unspecified atom stereocenters. The van der Waals surface area contributed by atoms with Gasteiger partial charge in [-0.15, -0.1) is 0 Å². The van der Waals surface area contributed by atoms with Crippen LogP contribution in [-0.2, 0) is 19.2 Å². The molecular weight excluding hydrogens is 284 g/mol. The molecule has 1 fully saturated rings. The van der Waals surface area contributed by atoms with Crippen LogP contribution in [0.4, 0.5) is 0 Å². The van der Waals surface area contributed by atoms with Gasteiger partial charge in [0.25, 0.3) is 0 Å². The van der Waals surface area contributed by atoms with Crippen molar-refractivity contribution in [3.05, 3.63) is 23.3 Å². The highest BCUT2D eigenvalue weighted by molar-refractivity contribution is 6.02. The standard InChI is InChI=1S/C13H14O8/c14-9(15)5-7(11(18)19)13(3-1-2-4-13)8(12(20)21)6-10(16)17/h5-6H,1-4H2,(H,14,15)(H,16,17)(H,18,19)(H,20,21)/b7-5+,8-6+. The van der Waals surface area contributed by atoms with Crippen LogP contribution in [0.15, 0.2) is 23.3 Å². The van der Waals surface area contributed by atoms with Crippen molar-refractivity contribution in [1.82, 2.24) is 0 Å². The first-order chi connectivity index (χ1) is 9.70. The van der Waals surface area contributed by atoms with E-state index in [4.69, 9.17) is 10.2 Å². The third kappa shape index (κ3) is 3.47. The van der Waals surface area contributed by atoms with Crippen LogP contribution in [0.25, 0.3) is 0 Å². The maximum Gasteiger partial charge on any atom is 0.332 e. The molecule has 1 aliphatic carbocycles. The van der Waals surface area contributed by atoms with Gasteiger partial charge in [0.15, 0.2) is 0 Å². The highest BCUT2D eigenvalue weighted by Crippen LogP contribution is 2.50. The first-order valence-electron chi connectivity index (χ1n) is 6.07. The molecular formula is C13H14O8. The molecule has 0 aromatic carbocycles. The molecule has 0 bridgehead atoms.